The van der Waals surface area contributed by atoms with Crippen LogP contribution in [0.5, 0.6) is 11.5 Å². The van der Waals surface area contributed by atoms with E-state index in [1.54, 1.807) is 53.6 Å². The van der Waals surface area contributed by atoms with Crippen LogP contribution in [-0.4, -0.2) is 35.6 Å². The maximum absolute atomic E-state index is 13.1. The second kappa shape index (κ2) is 10.8. The summed E-state index contributed by atoms with van der Waals surface area (Å²) in [4.78, 5) is 21.7. The molecule has 0 bridgehead atoms. The molecule has 0 radical (unpaired) electrons. The predicted octanol–water partition coefficient (Wildman–Crippen LogP) is 7.09. The van der Waals surface area contributed by atoms with Crippen LogP contribution in [0.1, 0.15) is 20.8 Å². The van der Waals surface area contributed by atoms with Gasteiger partial charge in [0.25, 0.3) is 0 Å². The molecular formula is C32H30N8O2. The van der Waals surface area contributed by atoms with Gasteiger partial charge in [0.1, 0.15) is 17.2 Å². The van der Waals surface area contributed by atoms with Gasteiger partial charge in [0.2, 0.25) is 0 Å². The highest BCUT2D eigenvalue weighted by Gasteiger charge is 2.21. The Morgan fingerprint density at radius 1 is 0.833 bits per heavy atom. The van der Waals surface area contributed by atoms with Gasteiger partial charge in [0.05, 0.1) is 23.1 Å². The van der Waals surface area contributed by atoms with Gasteiger partial charge in [-0.2, -0.15) is 10.2 Å². The summed E-state index contributed by atoms with van der Waals surface area (Å²) in [7, 11) is 1.86. The normalized spacial score (nSPS) is 11.4. The topological polar surface area (TPSA) is 112 Å². The Balaban J connectivity index is 1.16. The molecule has 0 aliphatic carbocycles. The van der Waals surface area contributed by atoms with E-state index >= 15 is 0 Å². The average Bonchev–Trinajstić information content (AvgIpc) is 3.60. The van der Waals surface area contributed by atoms with E-state index in [4.69, 9.17) is 9.84 Å². The number of aromatic nitrogens is 6. The quantitative estimate of drug-likeness (QED) is 0.226. The number of anilines is 2. The number of ether oxygens (including phenoxy) is 1. The van der Waals surface area contributed by atoms with E-state index in [9.17, 15) is 4.79 Å². The summed E-state index contributed by atoms with van der Waals surface area (Å²) < 4.78 is 9.61. The summed E-state index contributed by atoms with van der Waals surface area (Å²) in [5.41, 5.74) is 4.22. The van der Waals surface area contributed by atoms with E-state index < -0.39 is 0 Å². The Labute approximate surface area is 243 Å². The number of urea groups is 1. The highest BCUT2D eigenvalue weighted by Crippen LogP contribution is 2.32. The molecule has 6 rings (SSSR count). The smallest absolute Gasteiger partial charge is 0.323 e. The molecule has 6 aromatic rings. The minimum atomic E-state index is -0.376. The molecule has 4 heterocycles. The fourth-order valence-electron chi connectivity index (χ4n) is 4.47. The molecule has 10 heteroatoms. The van der Waals surface area contributed by atoms with Crippen molar-refractivity contribution in [1.82, 2.24) is 29.5 Å². The predicted molar refractivity (Wildman–Crippen MR) is 164 cm³/mol. The first-order valence-corrected chi connectivity index (χ1v) is 13.5. The monoisotopic (exact) mass is 558 g/mol. The fraction of sp³-hybridized carbons (Fsp3) is 0.156. The third-order valence-electron chi connectivity index (χ3n) is 6.64. The zero-order valence-corrected chi connectivity index (χ0v) is 23.7. The van der Waals surface area contributed by atoms with Crippen molar-refractivity contribution in [3.8, 4) is 34.0 Å². The zero-order chi connectivity index (χ0) is 29.3. The van der Waals surface area contributed by atoms with E-state index in [-0.39, 0.29) is 11.6 Å². The molecule has 0 saturated heterocycles. The van der Waals surface area contributed by atoms with Crippen molar-refractivity contribution in [3.05, 3.63) is 97.8 Å². The number of nitrogens with one attached hydrogen (secondary N) is 2. The lowest BCUT2D eigenvalue weighted by Gasteiger charge is -2.18. The lowest BCUT2D eigenvalue weighted by molar-refractivity contribution is 0.262. The molecule has 4 aromatic heterocycles. The zero-order valence-electron chi connectivity index (χ0n) is 23.7. The highest BCUT2D eigenvalue weighted by atomic mass is 16.5. The summed E-state index contributed by atoms with van der Waals surface area (Å²) in [6, 6.07) is 18.5. The number of carbonyl (C=O) groups is 1. The lowest BCUT2D eigenvalue weighted by atomic mass is 10.1. The number of amides is 2. The van der Waals surface area contributed by atoms with Crippen LogP contribution in [-0.2, 0) is 12.6 Å². The van der Waals surface area contributed by atoms with Gasteiger partial charge in [-0.1, -0.05) is 12.1 Å². The number of hydrogen-bond donors (Lipinski definition) is 2. The van der Waals surface area contributed by atoms with Crippen LogP contribution in [0.4, 0.5) is 16.2 Å². The molecule has 0 spiro atoms. The van der Waals surface area contributed by atoms with Gasteiger partial charge < -0.3 is 15.4 Å². The molecule has 0 unspecified atom stereocenters. The first kappa shape index (κ1) is 26.7. The second-order valence-corrected chi connectivity index (χ2v) is 10.9. The summed E-state index contributed by atoms with van der Waals surface area (Å²) in [6.07, 6.45) is 10.8. The van der Waals surface area contributed by atoms with Gasteiger partial charge in [-0.25, -0.2) is 4.79 Å². The van der Waals surface area contributed by atoms with Crippen molar-refractivity contribution >= 4 is 28.2 Å². The van der Waals surface area contributed by atoms with E-state index in [0.29, 0.717) is 28.6 Å². The Hall–Kier alpha value is -5.51. The Morgan fingerprint density at radius 3 is 2.43 bits per heavy atom. The summed E-state index contributed by atoms with van der Waals surface area (Å²) in [5, 5.41) is 17.0. The van der Waals surface area contributed by atoms with Crippen LogP contribution < -0.4 is 15.4 Å². The SMILES string of the molecule is Cn1cc(-c2cc(Oc3ccc(NC(=O)Nc4cn(C(C)(C)C)nc4-c4ccc5cnccc5c4)cc3)ccn2)cn1. The molecule has 210 valence electrons. The Bertz CT molecular complexity index is 1880. The minimum Gasteiger partial charge on any atom is -0.457 e. The van der Waals surface area contributed by atoms with Gasteiger partial charge in [-0.3, -0.25) is 19.3 Å². The van der Waals surface area contributed by atoms with Crippen LogP contribution >= 0.6 is 0 Å². The molecule has 42 heavy (non-hydrogen) atoms. The Morgan fingerprint density at radius 2 is 1.67 bits per heavy atom. The van der Waals surface area contributed by atoms with Crippen LogP contribution in [0.3, 0.4) is 0 Å². The molecule has 0 saturated carbocycles. The van der Waals surface area contributed by atoms with Crippen molar-refractivity contribution in [2.75, 3.05) is 10.6 Å². The van der Waals surface area contributed by atoms with Gasteiger partial charge in [0, 0.05) is 66.3 Å². The standard InChI is InChI=1S/C32H30N8O2/c1-32(2,3)40-20-29(30(38-40)22-5-6-23-17-33-13-11-21(23)15-22)37-31(41)36-25-7-9-26(10-8-25)42-27-12-14-34-28(16-27)24-18-35-39(4)19-24/h5-20H,1-4H3,(H2,36,37,41). The number of rotatable bonds is 6. The maximum atomic E-state index is 13.1. The van der Waals surface area contributed by atoms with Crippen molar-refractivity contribution in [3.63, 3.8) is 0 Å². The summed E-state index contributed by atoms with van der Waals surface area (Å²) in [6.45, 7) is 6.19. The van der Waals surface area contributed by atoms with Gasteiger partial charge in [-0.15, -0.1) is 0 Å². The fourth-order valence-corrected chi connectivity index (χ4v) is 4.47. The molecule has 2 amide bonds. The highest BCUT2D eigenvalue weighted by molar-refractivity contribution is 6.02. The van der Waals surface area contributed by atoms with Crippen molar-refractivity contribution in [2.45, 2.75) is 26.3 Å². The molecule has 0 aliphatic rings. The van der Waals surface area contributed by atoms with Crippen LogP contribution in [0, 0.1) is 0 Å². The van der Waals surface area contributed by atoms with Gasteiger partial charge in [0.15, 0.2) is 0 Å². The molecule has 0 fully saturated rings. The van der Waals surface area contributed by atoms with Crippen LogP contribution in [0.25, 0.3) is 33.3 Å². The van der Waals surface area contributed by atoms with E-state index in [1.807, 2.05) is 54.6 Å². The largest absolute Gasteiger partial charge is 0.457 e. The maximum Gasteiger partial charge on any atom is 0.323 e. The number of aryl methyl sites for hydroxylation is 1. The van der Waals surface area contributed by atoms with Gasteiger partial charge in [-0.05, 0) is 68.6 Å². The van der Waals surface area contributed by atoms with E-state index in [1.165, 1.54) is 0 Å². The molecule has 0 atom stereocenters. The third kappa shape index (κ3) is 5.83. The van der Waals surface area contributed by atoms with E-state index in [0.717, 1.165) is 27.6 Å². The second-order valence-electron chi connectivity index (χ2n) is 10.9. The van der Waals surface area contributed by atoms with Crippen molar-refractivity contribution in [2.24, 2.45) is 7.05 Å². The number of hydrogen-bond acceptors (Lipinski definition) is 6. The van der Waals surface area contributed by atoms with Crippen LogP contribution in [0.15, 0.2) is 97.8 Å². The van der Waals surface area contributed by atoms with Crippen LogP contribution in [0.2, 0.25) is 0 Å². The molecule has 2 aromatic carbocycles. The number of carbonyl (C=O) groups excluding carboxylic acids is 1. The van der Waals surface area contributed by atoms with E-state index in [2.05, 4.69) is 52.5 Å². The van der Waals surface area contributed by atoms with Gasteiger partial charge >= 0.3 is 6.03 Å². The first-order valence-electron chi connectivity index (χ1n) is 13.5. The first-order chi connectivity index (χ1) is 20.2. The molecule has 0 aliphatic heterocycles. The Kier molecular flexibility index (Phi) is 6.87. The molecule has 2 N–H and O–H groups in total. The number of nitrogens with zero attached hydrogens (tertiary/aromatic N) is 6. The van der Waals surface area contributed by atoms with Crippen molar-refractivity contribution < 1.29 is 9.53 Å². The average molecular weight is 559 g/mol. The lowest BCUT2D eigenvalue weighted by Crippen LogP contribution is -2.22. The minimum absolute atomic E-state index is 0.269. The number of pyridine rings is 2. The molecule has 10 nitrogen and oxygen atoms in total. The summed E-state index contributed by atoms with van der Waals surface area (Å²) in [5.74, 6) is 1.28. The van der Waals surface area contributed by atoms with Crippen molar-refractivity contribution in [1.29, 1.82) is 0 Å². The molecular weight excluding hydrogens is 528 g/mol. The number of benzene rings is 2. The number of fused-ring (bicyclic) bond motifs is 1. The third-order valence-corrected chi connectivity index (χ3v) is 6.64. The summed E-state index contributed by atoms with van der Waals surface area (Å²) >= 11 is 0.